The van der Waals surface area contributed by atoms with Crippen LogP contribution in [0.3, 0.4) is 0 Å². The Morgan fingerprint density at radius 1 is 1.20 bits per heavy atom. The highest BCUT2D eigenvalue weighted by Crippen LogP contribution is 2.34. The van der Waals surface area contributed by atoms with Crippen LogP contribution >= 0.6 is 15.9 Å². The van der Waals surface area contributed by atoms with Gasteiger partial charge in [-0.3, -0.25) is 9.59 Å². The lowest BCUT2D eigenvalue weighted by molar-refractivity contribution is -0.140. The number of rotatable bonds is 5. The van der Waals surface area contributed by atoms with Crippen LogP contribution in [-0.4, -0.2) is 19.4 Å². The van der Waals surface area contributed by atoms with Crippen molar-refractivity contribution in [2.75, 3.05) is 7.11 Å². The first-order chi connectivity index (χ1) is 11.7. The highest BCUT2D eigenvalue weighted by Gasteiger charge is 2.31. The van der Waals surface area contributed by atoms with E-state index in [4.69, 9.17) is 4.74 Å². The maximum atomic E-state index is 12.7. The molecule has 0 aromatic heterocycles. The summed E-state index contributed by atoms with van der Waals surface area (Å²) in [4.78, 5) is 22.5. The van der Waals surface area contributed by atoms with Crippen molar-refractivity contribution in [3.8, 4) is 11.5 Å². The Balaban J connectivity index is 2.32. The quantitative estimate of drug-likeness (QED) is 0.519. The first-order valence-electron chi connectivity index (χ1n) is 6.94. The molecule has 0 fully saturated rings. The number of aldehydes is 1. The summed E-state index contributed by atoms with van der Waals surface area (Å²) in [7, 11) is 1.26. The Bertz CT molecular complexity index is 803. The van der Waals surface area contributed by atoms with Crippen molar-refractivity contribution in [3.05, 3.63) is 57.6 Å². The predicted octanol–water partition coefficient (Wildman–Crippen LogP) is 4.79. The zero-order chi connectivity index (χ0) is 18.6. The Hall–Kier alpha value is -2.35. The van der Waals surface area contributed by atoms with Crippen molar-refractivity contribution in [1.82, 2.24) is 0 Å². The molecule has 4 nitrogen and oxygen atoms in total. The van der Waals surface area contributed by atoms with E-state index in [1.54, 1.807) is 12.1 Å². The number of carbonyl (C=O) groups is 2. The molecule has 0 saturated heterocycles. The van der Waals surface area contributed by atoms with E-state index in [2.05, 4.69) is 20.7 Å². The molecule has 0 amide bonds. The zero-order valence-electron chi connectivity index (χ0n) is 12.9. The molecule has 8 heteroatoms. The minimum atomic E-state index is -4.55. The summed E-state index contributed by atoms with van der Waals surface area (Å²) in [6.45, 7) is 0. The van der Waals surface area contributed by atoms with Crippen molar-refractivity contribution >= 4 is 28.2 Å². The van der Waals surface area contributed by atoms with Gasteiger partial charge in [-0.25, -0.2) is 0 Å². The highest BCUT2D eigenvalue weighted by molar-refractivity contribution is 9.10. The van der Waals surface area contributed by atoms with Crippen molar-refractivity contribution in [2.45, 2.75) is 12.6 Å². The fourth-order valence-corrected chi connectivity index (χ4v) is 2.40. The second-order valence-electron chi connectivity index (χ2n) is 4.98. The molecule has 0 atom stereocenters. The van der Waals surface area contributed by atoms with E-state index in [0.717, 1.165) is 18.2 Å². The van der Waals surface area contributed by atoms with Crippen molar-refractivity contribution in [1.29, 1.82) is 0 Å². The van der Waals surface area contributed by atoms with Crippen LogP contribution in [0.2, 0.25) is 0 Å². The average molecular weight is 417 g/mol. The predicted molar refractivity (Wildman–Crippen MR) is 86.8 cm³/mol. The molecule has 2 rings (SSSR count). The van der Waals surface area contributed by atoms with Gasteiger partial charge in [0.05, 0.1) is 24.7 Å². The summed E-state index contributed by atoms with van der Waals surface area (Å²) in [5.41, 5.74) is -0.597. The van der Waals surface area contributed by atoms with Crippen LogP contribution in [0, 0.1) is 0 Å². The molecule has 2 aromatic carbocycles. The largest absolute Gasteiger partial charge is 0.469 e. The smallest absolute Gasteiger partial charge is 0.416 e. The van der Waals surface area contributed by atoms with Gasteiger partial charge >= 0.3 is 12.1 Å². The molecule has 0 aliphatic carbocycles. The van der Waals surface area contributed by atoms with E-state index >= 15 is 0 Å². The van der Waals surface area contributed by atoms with Crippen LogP contribution < -0.4 is 4.74 Å². The standard InChI is InChI=1S/C17H12BrF3O4/c1-24-16(23)8-10-7-13(3-4-14(10)18)25-15-5-2-12(17(19,20)21)6-11(15)9-22/h2-7,9H,8H2,1H3. The van der Waals surface area contributed by atoms with Gasteiger partial charge in [0.25, 0.3) is 0 Å². The average Bonchev–Trinajstić information content (AvgIpc) is 2.57. The number of hydrogen-bond acceptors (Lipinski definition) is 4. The summed E-state index contributed by atoms with van der Waals surface area (Å²) in [6, 6.07) is 7.34. The molecule has 2 aromatic rings. The molecule has 0 aliphatic rings. The third kappa shape index (κ3) is 4.82. The third-order valence-corrected chi connectivity index (χ3v) is 4.05. The second kappa shape index (κ2) is 7.69. The maximum absolute atomic E-state index is 12.7. The van der Waals surface area contributed by atoms with Crippen LogP contribution in [0.15, 0.2) is 40.9 Å². The third-order valence-electron chi connectivity index (χ3n) is 3.27. The minimum absolute atomic E-state index is 0.0121. The molecule has 25 heavy (non-hydrogen) atoms. The molecule has 0 heterocycles. The lowest BCUT2D eigenvalue weighted by Crippen LogP contribution is -2.06. The number of hydrogen-bond donors (Lipinski definition) is 0. The number of methoxy groups -OCH3 is 1. The van der Waals surface area contributed by atoms with E-state index in [1.807, 2.05) is 0 Å². The van der Waals surface area contributed by atoms with E-state index in [0.29, 0.717) is 16.3 Å². The van der Waals surface area contributed by atoms with Gasteiger partial charge in [-0.1, -0.05) is 15.9 Å². The lowest BCUT2D eigenvalue weighted by atomic mass is 10.1. The molecular weight excluding hydrogens is 405 g/mol. The summed E-state index contributed by atoms with van der Waals surface area (Å²) in [5, 5.41) is 0. The van der Waals surface area contributed by atoms with Crippen LogP contribution in [-0.2, 0) is 22.1 Å². The molecule has 0 N–H and O–H groups in total. The Kier molecular flexibility index (Phi) is 5.84. The first kappa shape index (κ1) is 19.0. The minimum Gasteiger partial charge on any atom is -0.469 e. The van der Waals surface area contributed by atoms with Crippen LogP contribution in [0.5, 0.6) is 11.5 Å². The fraction of sp³-hybridized carbons (Fsp3) is 0.176. The van der Waals surface area contributed by atoms with Gasteiger partial charge in [0.1, 0.15) is 11.5 Å². The molecular formula is C17H12BrF3O4. The summed E-state index contributed by atoms with van der Waals surface area (Å²) >= 11 is 3.29. The Morgan fingerprint density at radius 3 is 2.52 bits per heavy atom. The van der Waals surface area contributed by atoms with Gasteiger partial charge in [-0.15, -0.1) is 0 Å². The van der Waals surface area contributed by atoms with Gasteiger partial charge in [-0.05, 0) is 42.0 Å². The van der Waals surface area contributed by atoms with E-state index in [9.17, 15) is 22.8 Å². The maximum Gasteiger partial charge on any atom is 0.416 e. The molecule has 0 aliphatic heterocycles. The van der Waals surface area contributed by atoms with E-state index in [-0.39, 0.29) is 23.5 Å². The van der Waals surface area contributed by atoms with Gasteiger partial charge in [-0.2, -0.15) is 13.2 Å². The Labute approximate surface area is 149 Å². The topological polar surface area (TPSA) is 52.6 Å². The van der Waals surface area contributed by atoms with Crippen LogP contribution in [0.1, 0.15) is 21.5 Å². The highest BCUT2D eigenvalue weighted by atomic mass is 79.9. The van der Waals surface area contributed by atoms with Crippen LogP contribution in [0.4, 0.5) is 13.2 Å². The SMILES string of the molecule is COC(=O)Cc1cc(Oc2ccc(C(F)(F)F)cc2C=O)ccc1Br. The molecule has 0 saturated carbocycles. The summed E-state index contributed by atoms with van der Waals surface area (Å²) in [5.74, 6) is -0.208. The molecule has 0 spiro atoms. The number of benzene rings is 2. The second-order valence-corrected chi connectivity index (χ2v) is 5.83. The molecule has 0 unspecified atom stereocenters. The Morgan fingerprint density at radius 2 is 1.92 bits per heavy atom. The lowest BCUT2D eigenvalue weighted by Gasteiger charge is -2.13. The summed E-state index contributed by atoms with van der Waals surface area (Å²) in [6.07, 6.45) is -4.28. The first-order valence-corrected chi connectivity index (χ1v) is 7.73. The van der Waals surface area contributed by atoms with Gasteiger partial charge in [0, 0.05) is 4.47 Å². The number of esters is 1. The number of carbonyl (C=O) groups excluding carboxylic acids is 2. The normalized spacial score (nSPS) is 11.1. The zero-order valence-corrected chi connectivity index (χ0v) is 14.5. The summed E-state index contributed by atoms with van der Waals surface area (Å²) < 4.78 is 48.9. The monoisotopic (exact) mass is 416 g/mol. The van der Waals surface area contributed by atoms with Crippen molar-refractivity contribution < 1.29 is 32.2 Å². The van der Waals surface area contributed by atoms with Gasteiger partial charge < -0.3 is 9.47 Å². The number of ether oxygens (including phenoxy) is 2. The molecule has 0 radical (unpaired) electrons. The van der Waals surface area contributed by atoms with E-state index in [1.165, 1.54) is 13.2 Å². The fourth-order valence-electron chi connectivity index (χ4n) is 2.01. The molecule has 132 valence electrons. The number of halogens is 4. The number of alkyl halides is 3. The molecule has 0 bridgehead atoms. The van der Waals surface area contributed by atoms with Crippen molar-refractivity contribution in [2.24, 2.45) is 0 Å². The van der Waals surface area contributed by atoms with Crippen molar-refractivity contribution in [3.63, 3.8) is 0 Å². The van der Waals surface area contributed by atoms with E-state index < -0.39 is 17.7 Å². The van der Waals surface area contributed by atoms with Crippen LogP contribution in [0.25, 0.3) is 0 Å². The van der Waals surface area contributed by atoms with Gasteiger partial charge in [0.2, 0.25) is 0 Å². The van der Waals surface area contributed by atoms with Gasteiger partial charge in [0.15, 0.2) is 6.29 Å².